The minimum Gasteiger partial charge on any atom is -0.390 e. The van der Waals surface area contributed by atoms with Gasteiger partial charge in [-0.3, -0.25) is 0 Å². The number of hydrogen-bond donors (Lipinski definition) is 1. The first kappa shape index (κ1) is 10.7. The van der Waals surface area contributed by atoms with Crippen LogP contribution in [0.25, 0.3) is 0 Å². The van der Waals surface area contributed by atoms with E-state index in [1.165, 1.54) is 5.56 Å². The predicted molar refractivity (Wildman–Crippen MR) is 62.7 cm³/mol. The molecule has 0 unspecified atom stereocenters. The number of aliphatic hydroxyl groups is 1. The Bertz CT molecular complexity index is 339. The van der Waals surface area contributed by atoms with Crippen molar-refractivity contribution in [1.82, 2.24) is 0 Å². The molecule has 82 valence electrons. The van der Waals surface area contributed by atoms with Gasteiger partial charge < -0.3 is 5.11 Å². The highest BCUT2D eigenvalue weighted by Crippen LogP contribution is 2.64. The maximum Gasteiger partial charge on any atom is 0.0693 e. The topological polar surface area (TPSA) is 20.2 Å². The van der Waals surface area contributed by atoms with Crippen LogP contribution in [-0.4, -0.2) is 10.7 Å². The van der Waals surface area contributed by atoms with Crippen molar-refractivity contribution in [3.05, 3.63) is 35.9 Å². The highest BCUT2D eigenvalue weighted by atomic mass is 16.3. The molecule has 0 aromatic heterocycles. The van der Waals surface area contributed by atoms with Gasteiger partial charge in [0.2, 0.25) is 0 Å². The van der Waals surface area contributed by atoms with E-state index < -0.39 is 5.60 Å². The Morgan fingerprint density at radius 1 is 1.07 bits per heavy atom. The summed E-state index contributed by atoms with van der Waals surface area (Å²) in [6, 6.07) is 10.4. The maximum atomic E-state index is 10.4. The molecule has 1 fully saturated rings. The maximum absolute atomic E-state index is 10.4. The molecule has 0 radical (unpaired) electrons. The van der Waals surface area contributed by atoms with E-state index in [1.54, 1.807) is 0 Å². The van der Waals surface area contributed by atoms with Crippen molar-refractivity contribution in [3.8, 4) is 0 Å². The first-order chi connectivity index (χ1) is 6.92. The zero-order valence-corrected chi connectivity index (χ0v) is 9.99. The van der Waals surface area contributed by atoms with Gasteiger partial charge in [-0.05, 0) is 31.2 Å². The number of hydrogen-bond acceptors (Lipinski definition) is 1. The van der Waals surface area contributed by atoms with Crippen LogP contribution in [0.4, 0.5) is 0 Å². The Kier molecular flexibility index (Phi) is 2.20. The van der Waals surface area contributed by atoms with Crippen LogP contribution < -0.4 is 0 Å². The molecule has 0 heterocycles. The van der Waals surface area contributed by atoms with Crippen molar-refractivity contribution in [3.63, 3.8) is 0 Å². The Balaban J connectivity index is 2.48. The van der Waals surface area contributed by atoms with Crippen LogP contribution in [0, 0.1) is 11.8 Å². The van der Waals surface area contributed by atoms with Gasteiger partial charge in [0.05, 0.1) is 5.60 Å². The minimum atomic E-state index is -0.646. The van der Waals surface area contributed by atoms with Gasteiger partial charge >= 0.3 is 0 Å². The molecule has 0 amide bonds. The van der Waals surface area contributed by atoms with Crippen molar-refractivity contribution in [2.75, 3.05) is 0 Å². The summed E-state index contributed by atoms with van der Waals surface area (Å²) in [6.45, 7) is 8.32. The van der Waals surface area contributed by atoms with Crippen molar-refractivity contribution in [2.24, 2.45) is 11.8 Å². The van der Waals surface area contributed by atoms with Gasteiger partial charge in [-0.15, -0.1) is 0 Å². The summed E-state index contributed by atoms with van der Waals surface area (Å²) in [7, 11) is 0. The lowest BCUT2D eigenvalue weighted by atomic mass is 9.78. The van der Waals surface area contributed by atoms with Crippen LogP contribution in [-0.2, 0) is 5.41 Å². The van der Waals surface area contributed by atoms with Crippen molar-refractivity contribution >= 4 is 0 Å². The zero-order valence-electron chi connectivity index (χ0n) is 9.99. The summed E-state index contributed by atoms with van der Waals surface area (Å²) in [5, 5.41) is 10.4. The lowest BCUT2D eigenvalue weighted by molar-refractivity contribution is 0.0278. The Morgan fingerprint density at radius 3 is 1.87 bits per heavy atom. The quantitative estimate of drug-likeness (QED) is 0.785. The fraction of sp³-hybridized carbons (Fsp3) is 0.571. The molecule has 2 atom stereocenters. The largest absolute Gasteiger partial charge is 0.390 e. The molecule has 1 saturated carbocycles. The standard InChI is InChI=1S/C14H20O/c1-10-11(2)14(10,13(3,4)15)12-8-6-5-7-9-12/h5-11,15H,1-4H3/t10-,11-/m0/s1. The molecule has 1 nitrogen and oxygen atoms in total. The van der Waals surface area contributed by atoms with Gasteiger partial charge in [-0.25, -0.2) is 0 Å². The average molecular weight is 204 g/mol. The Hall–Kier alpha value is -0.820. The lowest BCUT2D eigenvalue weighted by Gasteiger charge is -2.32. The Morgan fingerprint density at radius 2 is 1.53 bits per heavy atom. The summed E-state index contributed by atoms with van der Waals surface area (Å²) >= 11 is 0. The van der Waals surface area contributed by atoms with Crippen molar-refractivity contribution in [2.45, 2.75) is 38.7 Å². The second-order valence-electron chi connectivity index (χ2n) is 5.37. The van der Waals surface area contributed by atoms with E-state index in [9.17, 15) is 5.11 Å². The molecule has 1 aliphatic carbocycles. The summed E-state index contributed by atoms with van der Waals surface area (Å²) in [5.41, 5.74) is 0.582. The molecule has 1 heteroatoms. The summed E-state index contributed by atoms with van der Waals surface area (Å²) in [6.07, 6.45) is 0. The lowest BCUT2D eigenvalue weighted by Crippen LogP contribution is -2.38. The van der Waals surface area contributed by atoms with Crippen LogP contribution >= 0.6 is 0 Å². The second-order valence-corrected chi connectivity index (χ2v) is 5.37. The zero-order chi connectivity index (χ0) is 11.3. The van der Waals surface area contributed by atoms with E-state index in [0.717, 1.165) is 0 Å². The average Bonchev–Trinajstić information content (AvgIpc) is 2.71. The molecule has 2 rings (SSSR count). The molecule has 0 spiro atoms. The van der Waals surface area contributed by atoms with E-state index in [4.69, 9.17) is 0 Å². The monoisotopic (exact) mass is 204 g/mol. The van der Waals surface area contributed by atoms with E-state index in [-0.39, 0.29) is 5.41 Å². The molecule has 1 aromatic carbocycles. The summed E-state index contributed by atoms with van der Waals surface area (Å²) in [5.74, 6) is 1.11. The van der Waals surface area contributed by atoms with Gasteiger partial charge in [-0.1, -0.05) is 44.2 Å². The smallest absolute Gasteiger partial charge is 0.0693 e. The molecular weight excluding hydrogens is 184 g/mol. The summed E-state index contributed by atoms with van der Waals surface area (Å²) in [4.78, 5) is 0. The van der Waals surface area contributed by atoms with Gasteiger partial charge in [-0.2, -0.15) is 0 Å². The molecular formula is C14H20O. The van der Waals surface area contributed by atoms with Crippen LogP contribution in [0.3, 0.4) is 0 Å². The first-order valence-electron chi connectivity index (χ1n) is 5.70. The first-order valence-corrected chi connectivity index (χ1v) is 5.70. The van der Waals surface area contributed by atoms with Gasteiger partial charge in [0.1, 0.15) is 0 Å². The van der Waals surface area contributed by atoms with Crippen molar-refractivity contribution in [1.29, 1.82) is 0 Å². The molecule has 15 heavy (non-hydrogen) atoms. The van der Waals surface area contributed by atoms with E-state index >= 15 is 0 Å². The predicted octanol–water partition coefficient (Wildman–Crippen LogP) is 2.98. The highest BCUT2D eigenvalue weighted by molar-refractivity contribution is 5.39. The molecule has 1 N–H and O–H groups in total. The minimum absolute atomic E-state index is 0.0474. The molecule has 0 aliphatic heterocycles. The third kappa shape index (κ3) is 1.26. The molecule has 1 aliphatic rings. The molecule has 0 bridgehead atoms. The molecule has 1 aromatic rings. The van der Waals surface area contributed by atoms with Crippen LogP contribution in [0.2, 0.25) is 0 Å². The number of benzene rings is 1. The van der Waals surface area contributed by atoms with Gasteiger partial charge in [0.15, 0.2) is 0 Å². The Labute approximate surface area is 92.1 Å². The van der Waals surface area contributed by atoms with Gasteiger partial charge in [0.25, 0.3) is 0 Å². The normalized spacial score (nSPS) is 35.3. The number of rotatable bonds is 2. The highest BCUT2D eigenvalue weighted by Gasteiger charge is 2.67. The van der Waals surface area contributed by atoms with Gasteiger partial charge in [0, 0.05) is 5.41 Å². The van der Waals surface area contributed by atoms with Crippen LogP contribution in [0.5, 0.6) is 0 Å². The van der Waals surface area contributed by atoms with Crippen LogP contribution in [0.1, 0.15) is 33.3 Å². The van der Waals surface area contributed by atoms with E-state index in [2.05, 4.69) is 38.1 Å². The fourth-order valence-corrected chi connectivity index (χ4v) is 3.48. The van der Waals surface area contributed by atoms with E-state index in [0.29, 0.717) is 11.8 Å². The van der Waals surface area contributed by atoms with Crippen LogP contribution in [0.15, 0.2) is 30.3 Å². The second kappa shape index (κ2) is 3.08. The summed E-state index contributed by atoms with van der Waals surface area (Å²) < 4.78 is 0. The SMILES string of the molecule is C[C@H]1[C@H](C)C1(c1ccccc1)C(C)(C)O. The molecule has 0 saturated heterocycles. The van der Waals surface area contributed by atoms with Crippen molar-refractivity contribution < 1.29 is 5.11 Å². The third-order valence-electron chi connectivity index (χ3n) is 4.34. The van der Waals surface area contributed by atoms with E-state index in [1.807, 2.05) is 19.9 Å². The third-order valence-corrected chi connectivity index (χ3v) is 4.34. The fourth-order valence-electron chi connectivity index (χ4n) is 3.48.